The largest absolute Gasteiger partial charge is 0.616 e. The topological polar surface area (TPSA) is 56.5 Å². The summed E-state index contributed by atoms with van der Waals surface area (Å²) in [4.78, 5) is 13.9. The molecule has 0 bridgehead atoms. The van der Waals surface area contributed by atoms with Crippen LogP contribution in [-0.2, 0) is 4.79 Å². The highest BCUT2D eigenvalue weighted by Gasteiger charge is 2.14. The lowest BCUT2D eigenvalue weighted by molar-refractivity contribution is -0.611. The van der Waals surface area contributed by atoms with Crippen LogP contribution >= 0.6 is 0 Å². The lowest BCUT2D eigenvalue weighted by atomic mass is 10.1. The Bertz CT molecular complexity index is 723. The van der Waals surface area contributed by atoms with Gasteiger partial charge >= 0.3 is 5.88 Å². The van der Waals surface area contributed by atoms with E-state index >= 15 is 0 Å². The van der Waals surface area contributed by atoms with Gasteiger partial charge in [-0.05, 0) is 43.5 Å². The number of para-hydroxylation sites is 1. The lowest BCUT2D eigenvalue weighted by Gasteiger charge is -2.25. The molecule has 5 nitrogen and oxygen atoms in total. The summed E-state index contributed by atoms with van der Waals surface area (Å²) in [6.45, 7) is 1.63. The van der Waals surface area contributed by atoms with Crippen molar-refractivity contribution in [3.8, 4) is 11.6 Å². The van der Waals surface area contributed by atoms with Crippen LogP contribution in [0.3, 0.4) is 0 Å². The third-order valence-electron chi connectivity index (χ3n) is 3.95. The molecular weight excluding hydrogens is 304 g/mol. The summed E-state index contributed by atoms with van der Waals surface area (Å²) in [6, 6.07) is 12.5. The summed E-state index contributed by atoms with van der Waals surface area (Å²) in [5, 5.41) is 12.1. The molecule has 1 aliphatic rings. The normalized spacial score (nSPS) is 14.8. The third kappa shape index (κ3) is 4.13. The average Bonchev–Trinajstić information content (AvgIpc) is 2.63. The molecule has 1 aromatic heterocycles. The Morgan fingerprint density at radius 3 is 2.54 bits per heavy atom. The van der Waals surface area contributed by atoms with Gasteiger partial charge in [0.1, 0.15) is 5.75 Å². The van der Waals surface area contributed by atoms with E-state index in [2.05, 4.69) is 0 Å². The molecule has 0 unspecified atom stereocenters. The minimum Gasteiger partial charge on any atom is -0.616 e. The number of amides is 1. The molecule has 0 saturated carbocycles. The number of aromatic nitrogens is 1. The number of benzene rings is 1. The number of pyridine rings is 1. The number of nitrogens with zero attached hydrogens (tertiary/aromatic N) is 2. The maximum Gasteiger partial charge on any atom is 0.384 e. The zero-order valence-electron chi connectivity index (χ0n) is 13.4. The van der Waals surface area contributed by atoms with E-state index in [1.54, 1.807) is 30.3 Å². The van der Waals surface area contributed by atoms with Gasteiger partial charge in [0.15, 0.2) is 6.20 Å². The van der Waals surface area contributed by atoms with Crippen molar-refractivity contribution in [3.05, 3.63) is 65.5 Å². The van der Waals surface area contributed by atoms with E-state index < -0.39 is 0 Å². The van der Waals surface area contributed by atoms with Crippen LogP contribution in [0, 0.1) is 5.21 Å². The highest BCUT2D eigenvalue weighted by molar-refractivity contribution is 5.91. The molecule has 0 radical (unpaired) electrons. The minimum atomic E-state index is -0.00300. The summed E-state index contributed by atoms with van der Waals surface area (Å²) in [7, 11) is 0. The van der Waals surface area contributed by atoms with Crippen molar-refractivity contribution in [2.24, 2.45) is 0 Å². The van der Waals surface area contributed by atoms with Crippen molar-refractivity contribution in [1.82, 2.24) is 4.90 Å². The van der Waals surface area contributed by atoms with Gasteiger partial charge in [-0.2, -0.15) is 0 Å². The van der Waals surface area contributed by atoms with Crippen molar-refractivity contribution in [1.29, 1.82) is 0 Å². The fourth-order valence-electron chi connectivity index (χ4n) is 2.66. The number of ether oxygens (including phenoxy) is 1. The number of likely N-dealkylation sites (tertiary alicyclic amines) is 1. The molecule has 124 valence electrons. The van der Waals surface area contributed by atoms with Crippen LogP contribution in [0.4, 0.5) is 0 Å². The SMILES string of the molecule is O=C(/C=C/c1ccc(Oc2ccccc2)[n+]([O-])c1)N1CCCCC1. The van der Waals surface area contributed by atoms with Gasteiger partial charge in [0.25, 0.3) is 0 Å². The number of piperidine rings is 1. The van der Waals surface area contributed by atoms with Crippen molar-refractivity contribution in [3.63, 3.8) is 0 Å². The van der Waals surface area contributed by atoms with E-state index in [1.807, 2.05) is 23.1 Å². The second kappa shape index (κ2) is 7.64. The first-order valence-electron chi connectivity index (χ1n) is 8.15. The van der Waals surface area contributed by atoms with E-state index in [0.717, 1.165) is 25.9 Å². The first-order valence-corrected chi connectivity index (χ1v) is 8.15. The zero-order valence-corrected chi connectivity index (χ0v) is 13.4. The molecule has 1 aromatic carbocycles. The number of carbonyl (C=O) groups excluding carboxylic acids is 1. The highest BCUT2D eigenvalue weighted by Crippen LogP contribution is 2.17. The standard InChI is InChI=1S/C19H20N2O3/c22-18(20-13-5-2-6-14-20)11-9-16-10-12-19(21(23)15-16)24-17-7-3-1-4-8-17/h1,3-4,7-12,15H,2,5-6,13-14H2/b11-9+. The Labute approximate surface area is 141 Å². The van der Waals surface area contributed by atoms with Crippen molar-refractivity contribution >= 4 is 12.0 Å². The molecule has 0 N–H and O–H groups in total. The molecule has 24 heavy (non-hydrogen) atoms. The van der Waals surface area contributed by atoms with Crippen LogP contribution in [0.2, 0.25) is 0 Å². The van der Waals surface area contributed by atoms with E-state index in [0.29, 0.717) is 16.0 Å². The van der Waals surface area contributed by atoms with Gasteiger partial charge in [-0.3, -0.25) is 4.79 Å². The minimum absolute atomic E-state index is 0.00300. The summed E-state index contributed by atoms with van der Waals surface area (Å²) in [6.07, 6.45) is 7.90. The summed E-state index contributed by atoms with van der Waals surface area (Å²) in [5.74, 6) is 0.795. The highest BCUT2D eigenvalue weighted by atomic mass is 16.6. The summed E-state index contributed by atoms with van der Waals surface area (Å²) >= 11 is 0. The first-order chi connectivity index (χ1) is 11.7. The van der Waals surface area contributed by atoms with Gasteiger partial charge in [0.05, 0.1) is 6.07 Å². The van der Waals surface area contributed by atoms with Crippen LogP contribution in [-0.4, -0.2) is 23.9 Å². The molecule has 0 aliphatic carbocycles. The van der Waals surface area contributed by atoms with E-state index in [1.165, 1.54) is 18.7 Å². The van der Waals surface area contributed by atoms with Gasteiger partial charge in [0, 0.05) is 24.7 Å². The molecule has 1 amide bonds. The van der Waals surface area contributed by atoms with Crippen LogP contribution in [0.1, 0.15) is 24.8 Å². The molecule has 5 heteroatoms. The Hall–Kier alpha value is -2.82. The summed E-state index contributed by atoms with van der Waals surface area (Å²) < 4.78 is 6.20. The smallest absolute Gasteiger partial charge is 0.384 e. The van der Waals surface area contributed by atoms with Crippen LogP contribution < -0.4 is 9.47 Å². The third-order valence-corrected chi connectivity index (χ3v) is 3.95. The first kappa shape index (κ1) is 16.1. The average molecular weight is 324 g/mol. The molecule has 0 spiro atoms. The predicted molar refractivity (Wildman–Crippen MR) is 91.4 cm³/mol. The number of hydrogen-bond acceptors (Lipinski definition) is 3. The fraction of sp³-hybridized carbons (Fsp3) is 0.263. The van der Waals surface area contributed by atoms with Crippen molar-refractivity contribution in [2.75, 3.05) is 13.1 Å². The maximum atomic E-state index is 12.1. The molecule has 1 fully saturated rings. The molecule has 3 rings (SSSR count). The second-order valence-corrected chi connectivity index (χ2v) is 5.76. The molecule has 0 atom stereocenters. The van der Waals surface area contributed by atoms with Gasteiger partial charge in [0.2, 0.25) is 5.91 Å². The second-order valence-electron chi connectivity index (χ2n) is 5.76. The Balaban J connectivity index is 1.65. The lowest BCUT2D eigenvalue weighted by Crippen LogP contribution is -2.34. The van der Waals surface area contributed by atoms with Gasteiger partial charge in [-0.25, -0.2) is 0 Å². The van der Waals surface area contributed by atoms with E-state index in [4.69, 9.17) is 4.74 Å². The van der Waals surface area contributed by atoms with Gasteiger partial charge in [-0.15, -0.1) is 4.73 Å². The number of rotatable bonds is 4. The zero-order chi connectivity index (χ0) is 16.8. The summed E-state index contributed by atoms with van der Waals surface area (Å²) in [5.41, 5.74) is 0.663. The maximum absolute atomic E-state index is 12.1. The molecule has 2 aromatic rings. The predicted octanol–water partition coefficient (Wildman–Crippen LogP) is 3.14. The quantitative estimate of drug-likeness (QED) is 0.493. The Morgan fingerprint density at radius 1 is 1.08 bits per heavy atom. The van der Waals surface area contributed by atoms with Gasteiger partial charge < -0.3 is 14.8 Å². The van der Waals surface area contributed by atoms with E-state index in [-0.39, 0.29) is 11.8 Å². The fourth-order valence-corrected chi connectivity index (χ4v) is 2.66. The Kier molecular flexibility index (Phi) is 5.11. The molecule has 1 aliphatic heterocycles. The van der Waals surface area contributed by atoms with Crippen LogP contribution in [0.5, 0.6) is 11.6 Å². The van der Waals surface area contributed by atoms with Crippen molar-refractivity contribution in [2.45, 2.75) is 19.3 Å². The Morgan fingerprint density at radius 2 is 1.83 bits per heavy atom. The van der Waals surface area contributed by atoms with Crippen LogP contribution in [0.25, 0.3) is 6.08 Å². The van der Waals surface area contributed by atoms with Gasteiger partial charge in [-0.1, -0.05) is 18.2 Å². The van der Waals surface area contributed by atoms with E-state index in [9.17, 15) is 10.0 Å². The number of carbonyl (C=O) groups is 1. The molecular formula is C19H20N2O3. The molecule has 1 saturated heterocycles. The number of hydrogen-bond donors (Lipinski definition) is 0. The monoisotopic (exact) mass is 324 g/mol. The van der Waals surface area contributed by atoms with Crippen molar-refractivity contribution < 1.29 is 14.3 Å². The van der Waals surface area contributed by atoms with Crippen LogP contribution in [0.15, 0.2) is 54.7 Å². The molecule has 2 heterocycles.